The van der Waals surface area contributed by atoms with E-state index in [0.717, 1.165) is 25.8 Å². The number of anilines is 2. The minimum Gasteiger partial charge on any atom is -0.352 e. The molecule has 196 valence electrons. The van der Waals surface area contributed by atoms with Gasteiger partial charge < -0.3 is 10.2 Å². The van der Waals surface area contributed by atoms with Crippen LogP contribution in [0.3, 0.4) is 0 Å². The summed E-state index contributed by atoms with van der Waals surface area (Å²) in [6, 6.07) is 28.2. The molecule has 7 rings (SSSR count). The second-order valence-corrected chi connectivity index (χ2v) is 12.1. The van der Waals surface area contributed by atoms with Crippen molar-refractivity contribution in [1.29, 1.82) is 0 Å². The third kappa shape index (κ3) is 3.54. The van der Waals surface area contributed by atoms with Crippen LogP contribution in [0.1, 0.15) is 31.8 Å². The Labute approximate surface area is 248 Å². The van der Waals surface area contributed by atoms with Crippen molar-refractivity contribution in [2.24, 2.45) is 5.92 Å². The van der Waals surface area contributed by atoms with E-state index in [1.165, 1.54) is 0 Å². The number of hydrogen-bond acceptors (Lipinski definition) is 4. The molecule has 1 N–H and O–H groups in total. The van der Waals surface area contributed by atoms with Gasteiger partial charge in [0.15, 0.2) is 11.6 Å². The van der Waals surface area contributed by atoms with Gasteiger partial charge in [0.1, 0.15) is 11.5 Å². The zero-order valence-electron chi connectivity index (χ0n) is 21.1. The molecule has 0 radical (unpaired) electrons. The number of hydrogen-bond donors (Lipinski definition) is 1. The highest BCUT2D eigenvalue weighted by atomic mass is 79.9. The zero-order chi connectivity index (χ0) is 27.6. The lowest BCUT2D eigenvalue weighted by Crippen LogP contribution is -2.51. The Morgan fingerprint density at radius 2 is 1.35 bits per heavy atom. The van der Waals surface area contributed by atoms with Gasteiger partial charge >= 0.3 is 0 Å². The number of carbonyl (C=O) groups excluding carboxylic acids is 3. The molecular weight excluding hydrogens is 632 g/mol. The van der Waals surface area contributed by atoms with Gasteiger partial charge in [0, 0.05) is 31.4 Å². The van der Waals surface area contributed by atoms with E-state index in [0.29, 0.717) is 16.8 Å². The molecule has 3 heterocycles. The maximum atomic E-state index is 14.7. The SMILES string of the molecule is O=C(c1ccc(Br)cc1)[C@@H]1[C@H](C(=O)c2ccc(Br)cc2)[C@]2(C(=O)Nc3ccccc32)[C@H]2C=Cc3ccccc3N12. The van der Waals surface area contributed by atoms with E-state index < -0.39 is 23.4 Å². The van der Waals surface area contributed by atoms with Crippen molar-refractivity contribution in [3.63, 3.8) is 0 Å². The smallest absolute Gasteiger partial charge is 0.238 e. The predicted octanol–water partition coefficient (Wildman–Crippen LogP) is 7.07. The van der Waals surface area contributed by atoms with Crippen LogP contribution in [0.5, 0.6) is 0 Å². The first-order chi connectivity index (χ1) is 19.4. The molecule has 3 aliphatic heterocycles. The van der Waals surface area contributed by atoms with Crippen molar-refractivity contribution in [3.8, 4) is 0 Å². The molecule has 0 aliphatic carbocycles. The van der Waals surface area contributed by atoms with Gasteiger partial charge in [-0.3, -0.25) is 14.4 Å². The molecule has 1 spiro atoms. The van der Waals surface area contributed by atoms with Crippen molar-refractivity contribution in [3.05, 3.63) is 134 Å². The Morgan fingerprint density at radius 3 is 2.05 bits per heavy atom. The average molecular weight is 654 g/mol. The normalized spacial score (nSPS) is 23.9. The molecule has 40 heavy (non-hydrogen) atoms. The zero-order valence-corrected chi connectivity index (χ0v) is 24.2. The topological polar surface area (TPSA) is 66.5 Å². The van der Waals surface area contributed by atoms with Gasteiger partial charge in [0.05, 0.1) is 12.0 Å². The van der Waals surface area contributed by atoms with Crippen molar-refractivity contribution < 1.29 is 14.4 Å². The fourth-order valence-electron chi connectivity index (χ4n) is 6.70. The largest absolute Gasteiger partial charge is 0.352 e. The molecule has 0 unspecified atom stereocenters. The number of fused-ring (bicyclic) bond motifs is 6. The standard InChI is InChI=1S/C33H22Br2N2O3/c34-22-14-9-20(10-15-22)30(38)28-29(31(39)21-11-16-23(35)17-12-21)37-26-8-4-1-5-19(26)13-18-27(37)33(28)24-6-2-3-7-25(24)36-32(33)40/h1-18,27-29H,(H,36,40)/t27-,28-,29+,33-/m1/s1. The van der Waals surface area contributed by atoms with E-state index in [1.54, 1.807) is 24.3 Å². The third-order valence-electron chi connectivity index (χ3n) is 8.35. The summed E-state index contributed by atoms with van der Waals surface area (Å²) in [5.74, 6) is -1.70. The summed E-state index contributed by atoms with van der Waals surface area (Å²) in [7, 11) is 0. The Kier molecular flexibility index (Phi) is 5.91. The number of amides is 1. The van der Waals surface area contributed by atoms with E-state index in [9.17, 15) is 14.4 Å². The average Bonchev–Trinajstić information content (AvgIpc) is 3.45. The molecule has 5 nitrogen and oxygen atoms in total. The molecule has 4 aromatic carbocycles. The third-order valence-corrected chi connectivity index (χ3v) is 9.41. The number of Topliss-reactive ketones (excluding diaryl/α,β-unsaturated/α-hetero) is 2. The first-order valence-electron chi connectivity index (χ1n) is 13.0. The van der Waals surface area contributed by atoms with Gasteiger partial charge in [-0.2, -0.15) is 0 Å². The number of carbonyl (C=O) groups is 3. The molecule has 1 amide bonds. The summed E-state index contributed by atoms with van der Waals surface area (Å²) in [5.41, 5.74) is 2.79. The summed E-state index contributed by atoms with van der Waals surface area (Å²) in [4.78, 5) is 45.7. The molecule has 1 fully saturated rings. The first-order valence-corrected chi connectivity index (χ1v) is 14.6. The molecule has 0 saturated carbocycles. The molecule has 4 aromatic rings. The number of para-hydroxylation sites is 2. The van der Waals surface area contributed by atoms with E-state index in [2.05, 4.69) is 37.2 Å². The minimum absolute atomic E-state index is 0.202. The quantitative estimate of drug-likeness (QED) is 0.239. The van der Waals surface area contributed by atoms with Gasteiger partial charge in [0.2, 0.25) is 5.91 Å². The minimum atomic E-state index is -1.32. The second-order valence-electron chi connectivity index (χ2n) is 10.3. The maximum absolute atomic E-state index is 14.7. The highest BCUT2D eigenvalue weighted by Gasteiger charge is 2.70. The Morgan fingerprint density at radius 1 is 0.750 bits per heavy atom. The van der Waals surface area contributed by atoms with Gasteiger partial charge in [-0.05, 0) is 47.5 Å². The van der Waals surface area contributed by atoms with Gasteiger partial charge in [-0.25, -0.2) is 0 Å². The lowest BCUT2D eigenvalue weighted by Gasteiger charge is -2.37. The Balaban J connectivity index is 1.53. The monoisotopic (exact) mass is 652 g/mol. The van der Waals surface area contributed by atoms with Crippen molar-refractivity contribution in [1.82, 2.24) is 0 Å². The number of halogens is 2. The highest BCUT2D eigenvalue weighted by molar-refractivity contribution is 9.10. The molecule has 4 atom stereocenters. The fraction of sp³-hybridized carbons (Fsp3) is 0.121. The summed E-state index contributed by atoms with van der Waals surface area (Å²) >= 11 is 6.92. The molecule has 0 aromatic heterocycles. The van der Waals surface area contributed by atoms with Crippen LogP contribution in [-0.4, -0.2) is 29.6 Å². The van der Waals surface area contributed by atoms with Crippen molar-refractivity contribution in [2.45, 2.75) is 17.5 Å². The maximum Gasteiger partial charge on any atom is 0.238 e. The first kappa shape index (κ1) is 25.2. The van der Waals surface area contributed by atoms with Crippen LogP contribution in [0.2, 0.25) is 0 Å². The highest BCUT2D eigenvalue weighted by Crippen LogP contribution is 2.58. The van der Waals surface area contributed by atoms with Crippen LogP contribution in [-0.2, 0) is 10.2 Å². The van der Waals surface area contributed by atoms with E-state index >= 15 is 0 Å². The van der Waals surface area contributed by atoms with Crippen LogP contribution in [0, 0.1) is 5.92 Å². The molecular formula is C33H22Br2N2O3. The van der Waals surface area contributed by atoms with Gasteiger partial charge in [-0.1, -0.05) is 105 Å². The van der Waals surface area contributed by atoms with Crippen molar-refractivity contribution >= 4 is 66.8 Å². The van der Waals surface area contributed by atoms with E-state index in [1.807, 2.05) is 89.8 Å². The number of benzene rings is 4. The van der Waals surface area contributed by atoms with E-state index in [-0.39, 0.29) is 17.5 Å². The summed E-state index contributed by atoms with van der Waals surface area (Å²) in [5, 5.41) is 3.06. The summed E-state index contributed by atoms with van der Waals surface area (Å²) < 4.78 is 1.69. The second kappa shape index (κ2) is 9.39. The van der Waals surface area contributed by atoms with Crippen LogP contribution in [0.4, 0.5) is 11.4 Å². The van der Waals surface area contributed by atoms with Crippen LogP contribution < -0.4 is 10.2 Å². The summed E-state index contributed by atoms with van der Waals surface area (Å²) in [6.45, 7) is 0. The predicted molar refractivity (Wildman–Crippen MR) is 163 cm³/mol. The Hall–Kier alpha value is -3.81. The number of nitrogens with one attached hydrogen (secondary N) is 1. The van der Waals surface area contributed by atoms with Crippen LogP contribution >= 0.6 is 31.9 Å². The van der Waals surface area contributed by atoms with E-state index in [4.69, 9.17) is 0 Å². The number of ketones is 2. The van der Waals surface area contributed by atoms with Crippen LogP contribution in [0.15, 0.2) is 112 Å². The molecule has 3 aliphatic rings. The lowest BCUT2D eigenvalue weighted by molar-refractivity contribution is -0.121. The fourth-order valence-corrected chi connectivity index (χ4v) is 7.23. The summed E-state index contributed by atoms with van der Waals surface area (Å²) in [6.07, 6.45) is 3.99. The molecule has 7 heteroatoms. The van der Waals surface area contributed by atoms with Gasteiger partial charge in [-0.15, -0.1) is 0 Å². The number of rotatable bonds is 4. The van der Waals surface area contributed by atoms with Crippen LogP contribution in [0.25, 0.3) is 6.08 Å². The Bertz CT molecular complexity index is 1730. The molecule has 1 saturated heterocycles. The number of nitrogens with zero attached hydrogens (tertiary/aromatic N) is 1. The van der Waals surface area contributed by atoms with Gasteiger partial charge in [0.25, 0.3) is 0 Å². The van der Waals surface area contributed by atoms with Crippen molar-refractivity contribution in [2.75, 3.05) is 10.2 Å². The molecule has 0 bridgehead atoms. The lowest BCUT2D eigenvalue weighted by atomic mass is 9.64.